The van der Waals surface area contributed by atoms with Gasteiger partial charge in [0.25, 0.3) is 0 Å². The van der Waals surface area contributed by atoms with E-state index in [1.807, 2.05) is 24.3 Å². The van der Waals surface area contributed by atoms with Crippen molar-refractivity contribution in [1.82, 2.24) is 4.98 Å². The van der Waals surface area contributed by atoms with Gasteiger partial charge in [-0.1, -0.05) is 17.3 Å². The molecule has 5 nitrogen and oxygen atoms in total. The second-order valence-electron chi connectivity index (χ2n) is 3.95. The van der Waals surface area contributed by atoms with Crippen molar-refractivity contribution in [3.8, 4) is 0 Å². The summed E-state index contributed by atoms with van der Waals surface area (Å²) in [5, 5.41) is 15.1. The molecule has 2 rings (SSSR count). The van der Waals surface area contributed by atoms with E-state index >= 15 is 0 Å². The number of hydrogen-bond acceptors (Lipinski definition) is 4. The molecule has 1 heterocycles. The van der Waals surface area contributed by atoms with Gasteiger partial charge in [0.15, 0.2) is 5.84 Å². The third-order valence-corrected chi connectivity index (χ3v) is 3.98. The molecule has 0 aliphatic rings. The van der Waals surface area contributed by atoms with Gasteiger partial charge < -0.3 is 16.3 Å². The third-order valence-electron chi connectivity index (χ3n) is 2.66. The van der Waals surface area contributed by atoms with Crippen LogP contribution in [-0.4, -0.2) is 16.0 Å². The van der Waals surface area contributed by atoms with Crippen molar-refractivity contribution in [1.29, 1.82) is 0 Å². The molecular weight excluding hydrogens is 388 g/mol. The number of aromatic nitrogens is 1. The van der Waals surface area contributed by atoms with Crippen LogP contribution in [0.4, 0.5) is 5.69 Å². The number of benzene rings is 1. The number of halogens is 2. The van der Waals surface area contributed by atoms with E-state index in [2.05, 4.69) is 47.3 Å². The summed E-state index contributed by atoms with van der Waals surface area (Å²) in [5.41, 5.74) is 7.85. The molecule has 0 aliphatic carbocycles. The Kier molecular flexibility index (Phi) is 4.97. The summed E-state index contributed by atoms with van der Waals surface area (Å²) >= 11 is 6.97. The average Bonchev–Trinajstić information content (AvgIpc) is 2.46. The third kappa shape index (κ3) is 3.29. The van der Waals surface area contributed by atoms with Crippen LogP contribution in [0.2, 0.25) is 0 Å². The van der Waals surface area contributed by atoms with Gasteiger partial charge in [-0.25, -0.2) is 0 Å². The number of nitrogens with zero attached hydrogens (tertiary/aromatic N) is 2. The van der Waals surface area contributed by atoms with E-state index in [1.54, 1.807) is 12.3 Å². The fourth-order valence-electron chi connectivity index (χ4n) is 1.71. The van der Waals surface area contributed by atoms with Crippen LogP contribution in [0.3, 0.4) is 0 Å². The molecule has 2 aromatic rings. The first-order valence-corrected chi connectivity index (χ1v) is 7.31. The maximum atomic E-state index is 8.77. The summed E-state index contributed by atoms with van der Waals surface area (Å²) in [6, 6.07) is 9.51. The molecule has 0 unspecified atom stereocenters. The van der Waals surface area contributed by atoms with Crippen molar-refractivity contribution in [2.24, 2.45) is 10.9 Å². The summed E-state index contributed by atoms with van der Waals surface area (Å²) in [6.45, 7) is 0.501. The molecule has 0 fully saturated rings. The van der Waals surface area contributed by atoms with Crippen molar-refractivity contribution in [2.45, 2.75) is 6.54 Å². The Morgan fingerprint density at radius 1 is 1.25 bits per heavy atom. The molecular formula is C13H12Br2N4O. The van der Waals surface area contributed by atoms with E-state index in [0.717, 1.165) is 20.2 Å². The Morgan fingerprint density at radius 3 is 2.60 bits per heavy atom. The minimum Gasteiger partial charge on any atom is -0.409 e. The molecule has 7 heteroatoms. The predicted molar refractivity (Wildman–Crippen MR) is 85.9 cm³/mol. The number of pyridine rings is 1. The lowest BCUT2D eigenvalue weighted by Gasteiger charge is -2.12. The van der Waals surface area contributed by atoms with Crippen LogP contribution in [0.1, 0.15) is 11.3 Å². The van der Waals surface area contributed by atoms with Crippen LogP contribution >= 0.6 is 31.9 Å². The lowest BCUT2D eigenvalue weighted by atomic mass is 10.1. The molecule has 0 bridgehead atoms. The van der Waals surface area contributed by atoms with Crippen molar-refractivity contribution in [3.05, 3.63) is 56.7 Å². The zero-order valence-electron chi connectivity index (χ0n) is 10.3. The van der Waals surface area contributed by atoms with E-state index in [1.165, 1.54) is 0 Å². The quantitative estimate of drug-likeness (QED) is 0.318. The van der Waals surface area contributed by atoms with Crippen molar-refractivity contribution < 1.29 is 5.21 Å². The number of amidine groups is 1. The number of rotatable bonds is 4. The molecule has 1 aromatic heterocycles. The average molecular weight is 400 g/mol. The Balaban J connectivity index is 2.24. The summed E-state index contributed by atoms with van der Waals surface area (Å²) < 4.78 is 1.89. The molecule has 0 aliphatic heterocycles. The second kappa shape index (κ2) is 6.71. The first-order chi connectivity index (χ1) is 9.63. The van der Waals surface area contributed by atoms with E-state index in [9.17, 15) is 0 Å². The molecule has 20 heavy (non-hydrogen) atoms. The Hall–Kier alpha value is -1.60. The van der Waals surface area contributed by atoms with Gasteiger partial charge in [-0.3, -0.25) is 4.98 Å². The van der Waals surface area contributed by atoms with Gasteiger partial charge in [-0.05, 0) is 50.1 Å². The number of anilines is 1. The van der Waals surface area contributed by atoms with Crippen LogP contribution in [0.5, 0.6) is 0 Å². The number of nitrogens with two attached hydrogens (primary N) is 1. The minimum atomic E-state index is -0.00593. The predicted octanol–water partition coefficient (Wildman–Crippen LogP) is 3.31. The summed E-state index contributed by atoms with van der Waals surface area (Å²) in [6.07, 6.45) is 1.60. The lowest BCUT2D eigenvalue weighted by molar-refractivity contribution is 0.318. The van der Waals surface area contributed by atoms with E-state index in [0.29, 0.717) is 12.2 Å². The van der Waals surface area contributed by atoms with E-state index < -0.39 is 0 Å². The first kappa shape index (κ1) is 14.8. The zero-order valence-corrected chi connectivity index (χ0v) is 13.5. The van der Waals surface area contributed by atoms with Gasteiger partial charge in [0.1, 0.15) is 5.69 Å². The molecule has 104 valence electrons. The standard InChI is InChI=1S/C13H12Br2N4O/c14-9-4-1-5-10(15)12(9)18-7-8-3-2-6-17-11(8)13(16)19-20/h1-6,18,20H,7H2,(H2,16,19). The normalized spacial score (nSPS) is 11.4. The summed E-state index contributed by atoms with van der Waals surface area (Å²) in [4.78, 5) is 4.13. The number of hydrogen-bond donors (Lipinski definition) is 3. The molecule has 0 saturated carbocycles. The number of para-hydroxylation sites is 1. The maximum absolute atomic E-state index is 8.77. The van der Waals surface area contributed by atoms with E-state index in [-0.39, 0.29) is 5.84 Å². The van der Waals surface area contributed by atoms with Crippen molar-refractivity contribution in [3.63, 3.8) is 0 Å². The molecule has 0 spiro atoms. The molecule has 1 aromatic carbocycles. The molecule has 4 N–H and O–H groups in total. The fourth-order valence-corrected chi connectivity index (χ4v) is 2.99. The zero-order chi connectivity index (χ0) is 14.5. The van der Waals surface area contributed by atoms with Gasteiger partial charge in [-0.2, -0.15) is 0 Å². The van der Waals surface area contributed by atoms with Crippen LogP contribution < -0.4 is 11.1 Å². The highest BCUT2D eigenvalue weighted by Crippen LogP contribution is 2.30. The number of nitrogens with one attached hydrogen (secondary N) is 1. The Bertz CT molecular complexity index is 626. The highest BCUT2D eigenvalue weighted by Gasteiger charge is 2.09. The topological polar surface area (TPSA) is 83.5 Å². The highest BCUT2D eigenvalue weighted by molar-refractivity contribution is 9.11. The Morgan fingerprint density at radius 2 is 1.95 bits per heavy atom. The minimum absolute atomic E-state index is 0.00593. The molecule has 0 radical (unpaired) electrons. The molecule has 0 amide bonds. The van der Waals surface area contributed by atoms with Crippen LogP contribution in [0.25, 0.3) is 0 Å². The van der Waals surface area contributed by atoms with Crippen LogP contribution in [-0.2, 0) is 6.54 Å². The lowest BCUT2D eigenvalue weighted by Crippen LogP contribution is -2.18. The fraction of sp³-hybridized carbons (Fsp3) is 0.0769. The molecule has 0 saturated heterocycles. The SMILES string of the molecule is N/C(=N/O)c1ncccc1CNc1c(Br)cccc1Br. The maximum Gasteiger partial charge on any atom is 0.189 e. The van der Waals surface area contributed by atoms with Crippen LogP contribution in [0, 0.1) is 0 Å². The van der Waals surface area contributed by atoms with Gasteiger partial charge >= 0.3 is 0 Å². The Labute approximate surface area is 133 Å². The largest absolute Gasteiger partial charge is 0.409 e. The van der Waals surface area contributed by atoms with Crippen molar-refractivity contribution in [2.75, 3.05) is 5.32 Å². The van der Waals surface area contributed by atoms with Crippen molar-refractivity contribution >= 4 is 43.4 Å². The van der Waals surface area contributed by atoms with E-state index in [4.69, 9.17) is 10.9 Å². The van der Waals surface area contributed by atoms with Gasteiger partial charge in [0.2, 0.25) is 0 Å². The smallest absolute Gasteiger partial charge is 0.189 e. The summed E-state index contributed by atoms with van der Waals surface area (Å²) in [5.74, 6) is -0.00593. The van der Waals surface area contributed by atoms with Gasteiger partial charge in [0.05, 0.1) is 5.69 Å². The second-order valence-corrected chi connectivity index (χ2v) is 5.66. The van der Waals surface area contributed by atoms with Crippen LogP contribution in [0.15, 0.2) is 50.6 Å². The van der Waals surface area contributed by atoms with Gasteiger partial charge in [-0.15, -0.1) is 0 Å². The number of oxime groups is 1. The monoisotopic (exact) mass is 398 g/mol. The molecule has 0 atom stereocenters. The highest BCUT2D eigenvalue weighted by atomic mass is 79.9. The summed E-state index contributed by atoms with van der Waals surface area (Å²) in [7, 11) is 0. The first-order valence-electron chi connectivity index (χ1n) is 5.73. The van der Waals surface area contributed by atoms with Gasteiger partial charge in [0, 0.05) is 27.3 Å².